The van der Waals surface area contributed by atoms with Crippen molar-refractivity contribution in [3.05, 3.63) is 65.2 Å². The lowest BCUT2D eigenvalue weighted by atomic mass is 10.0. The highest BCUT2D eigenvalue weighted by atomic mass is 16.7. The van der Waals surface area contributed by atoms with E-state index in [9.17, 15) is 4.79 Å². The molecule has 0 aliphatic rings. The van der Waals surface area contributed by atoms with Crippen molar-refractivity contribution in [1.29, 1.82) is 0 Å². The maximum Gasteiger partial charge on any atom is 0.365 e. The summed E-state index contributed by atoms with van der Waals surface area (Å²) in [5, 5.41) is 3.95. The molecule has 0 heterocycles. The average Bonchev–Trinajstić information content (AvgIpc) is 2.59. The number of ether oxygens (including phenoxy) is 1. The third-order valence-corrected chi connectivity index (χ3v) is 3.72. The average molecular weight is 339 g/mol. The number of rotatable bonds is 6. The number of benzene rings is 2. The van der Waals surface area contributed by atoms with Crippen molar-refractivity contribution < 1.29 is 14.4 Å². The Bertz CT molecular complexity index is 729. The third kappa shape index (κ3) is 5.45. The number of hydrogen-bond acceptors (Lipinski definition) is 4. The molecule has 0 aliphatic carbocycles. The Morgan fingerprint density at radius 2 is 1.44 bits per heavy atom. The summed E-state index contributed by atoms with van der Waals surface area (Å²) in [6.45, 7) is 10.0. The van der Waals surface area contributed by atoms with Gasteiger partial charge in [-0.25, -0.2) is 4.79 Å². The Kier molecular flexibility index (Phi) is 6.34. The molecule has 0 amide bonds. The first kappa shape index (κ1) is 18.7. The van der Waals surface area contributed by atoms with Crippen LogP contribution in [0.2, 0.25) is 0 Å². The Hall–Kier alpha value is -2.62. The largest absolute Gasteiger partial charge is 0.491 e. The lowest BCUT2D eigenvalue weighted by Gasteiger charge is -2.09. The summed E-state index contributed by atoms with van der Waals surface area (Å²) >= 11 is 0. The van der Waals surface area contributed by atoms with Gasteiger partial charge in [-0.15, -0.1) is 0 Å². The highest BCUT2D eigenvalue weighted by Gasteiger charge is 2.09. The van der Waals surface area contributed by atoms with Crippen molar-refractivity contribution in [3.63, 3.8) is 0 Å². The van der Waals surface area contributed by atoms with Gasteiger partial charge in [0, 0.05) is 0 Å². The monoisotopic (exact) mass is 339 g/mol. The van der Waals surface area contributed by atoms with E-state index in [0.29, 0.717) is 17.2 Å². The summed E-state index contributed by atoms with van der Waals surface area (Å²) in [6, 6.07) is 14.9. The Morgan fingerprint density at radius 3 is 1.96 bits per heavy atom. The molecular weight excluding hydrogens is 314 g/mol. The summed E-state index contributed by atoms with van der Waals surface area (Å²) in [4.78, 5) is 17.1. The van der Waals surface area contributed by atoms with Gasteiger partial charge in [0.2, 0.25) is 0 Å². The highest BCUT2D eigenvalue weighted by Crippen LogP contribution is 2.16. The first-order valence-electron chi connectivity index (χ1n) is 8.50. The zero-order chi connectivity index (χ0) is 18.4. The van der Waals surface area contributed by atoms with Gasteiger partial charge in [-0.05, 0) is 62.1 Å². The molecule has 0 bridgehead atoms. The maximum atomic E-state index is 12.1. The highest BCUT2D eigenvalue weighted by molar-refractivity contribution is 5.99. The minimum absolute atomic E-state index is 0.0899. The summed E-state index contributed by atoms with van der Waals surface area (Å²) < 4.78 is 5.55. The van der Waals surface area contributed by atoms with E-state index in [1.54, 1.807) is 24.3 Å². The number of carbonyl (C=O) groups excluding carboxylic acids is 1. The van der Waals surface area contributed by atoms with E-state index in [4.69, 9.17) is 9.57 Å². The van der Waals surface area contributed by atoms with Crippen LogP contribution in [-0.2, 0) is 4.84 Å². The van der Waals surface area contributed by atoms with E-state index in [2.05, 4.69) is 31.1 Å². The van der Waals surface area contributed by atoms with Gasteiger partial charge in [-0.3, -0.25) is 0 Å². The van der Waals surface area contributed by atoms with Gasteiger partial charge in [0.05, 0.1) is 17.4 Å². The van der Waals surface area contributed by atoms with Crippen LogP contribution in [0.1, 0.15) is 62.0 Å². The lowest BCUT2D eigenvalue weighted by molar-refractivity contribution is 0.0516. The topological polar surface area (TPSA) is 47.9 Å². The van der Waals surface area contributed by atoms with Crippen LogP contribution in [0, 0.1) is 0 Å². The smallest absolute Gasteiger partial charge is 0.365 e. The molecule has 2 rings (SSSR count). The zero-order valence-electron chi connectivity index (χ0n) is 15.4. The molecule has 4 nitrogen and oxygen atoms in total. The molecule has 0 atom stereocenters. The van der Waals surface area contributed by atoms with Crippen LogP contribution in [0.25, 0.3) is 0 Å². The first-order chi connectivity index (χ1) is 11.9. The van der Waals surface area contributed by atoms with Gasteiger partial charge >= 0.3 is 5.97 Å². The molecule has 0 saturated carbocycles. The lowest BCUT2D eigenvalue weighted by Crippen LogP contribution is -2.07. The van der Waals surface area contributed by atoms with Crippen molar-refractivity contribution in [2.45, 2.75) is 46.6 Å². The van der Waals surface area contributed by atoms with E-state index >= 15 is 0 Å². The van der Waals surface area contributed by atoms with Crippen LogP contribution < -0.4 is 4.74 Å². The van der Waals surface area contributed by atoms with Gasteiger partial charge in [0.15, 0.2) is 0 Å². The maximum absolute atomic E-state index is 12.1. The third-order valence-electron chi connectivity index (χ3n) is 3.72. The number of carbonyl (C=O) groups is 1. The summed E-state index contributed by atoms with van der Waals surface area (Å²) in [6.07, 6.45) is 0.0899. The van der Waals surface area contributed by atoms with Gasteiger partial charge in [-0.1, -0.05) is 43.3 Å². The van der Waals surface area contributed by atoms with Crippen LogP contribution in [0.4, 0.5) is 0 Å². The van der Waals surface area contributed by atoms with Crippen molar-refractivity contribution in [3.8, 4) is 5.75 Å². The second kappa shape index (κ2) is 8.47. The van der Waals surface area contributed by atoms with Crippen LogP contribution in [0.5, 0.6) is 5.75 Å². The van der Waals surface area contributed by atoms with Gasteiger partial charge in [0.25, 0.3) is 0 Å². The van der Waals surface area contributed by atoms with Crippen LogP contribution in [0.3, 0.4) is 0 Å². The molecule has 4 heteroatoms. The number of hydrogen-bond donors (Lipinski definition) is 0. The van der Waals surface area contributed by atoms with E-state index in [0.717, 1.165) is 11.3 Å². The standard InChI is InChI=1S/C21H25NO3/c1-14(2)17-6-8-18(9-7-17)16(5)22-25-21(23)19-10-12-20(13-11-19)24-15(3)4/h6-15H,1-5H3/b22-16-. The quantitative estimate of drug-likeness (QED) is 0.414. The zero-order valence-corrected chi connectivity index (χ0v) is 15.4. The molecule has 0 aromatic heterocycles. The summed E-state index contributed by atoms with van der Waals surface area (Å²) in [5.41, 5.74) is 3.28. The Labute approximate surface area is 149 Å². The fraction of sp³-hybridized carbons (Fsp3) is 0.333. The van der Waals surface area contributed by atoms with E-state index in [1.165, 1.54) is 5.56 Å². The number of nitrogens with zero attached hydrogens (tertiary/aromatic N) is 1. The van der Waals surface area contributed by atoms with Crippen molar-refractivity contribution in [2.24, 2.45) is 5.16 Å². The normalized spacial score (nSPS) is 11.7. The molecule has 2 aromatic rings. The minimum Gasteiger partial charge on any atom is -0.491 e. The van der Waals surface area contributed by atoms with Crippen molar-refractivity contribution in [1.82, 2.24) is 0 Å². The second-order valence-electron chi connectivity index (χ2n) is 6.52. The van der Waals surface area contributed by atoms with Gasteiger partial charge in [0.1, 0.15) is 5.75 Å². The van der Waals surface area contributed by atoms with Crippen LogP contribution >= 0.6 is 0 Å². The van der Waals surface area contributed by atoms with Crippen LogP contribution in [-0.4, -0.2) is 17.8 Å². The molecular formula is C21H25NO3. The fourth-order valence-corrected chi connectivity index (χ4v) is 2.27. The summed E-state index contributed by atoms with van der Waals surface area (Å²) in [7, 11) is 0. The van der Waals surface area contributed by atoms with Crippen LogP contribution in [0.15, 0.2) is 53.7 Å². The van der Waals surface area contributed by atoms with Crippen molar-refractivity contribution >= 4 is 11.7 Å². The molecule has 0 N–H and O–H groups in total. The van der Waals surface area contributed by atoms with Gasteiger partial charge < -0.3 is 9.57 Å². The summed E-state index contributed by atoms with van der Waals surface area (Å²) in [5.74, 6) is 0.706. The molecule has 0 fully saturated rings. The Morgan fingerprint density at radius 1 is 0.880 bits per heavy atom. The molecule has 0 spiro atoms. The molecule has 25 heavy (non-hydrogen) atoms. The molecule has 0 saturated heterocycles. The molecule has 2 aromatic carbocycles. The van der Waals surface area contributed by atoms with Gasteiger partial charge in [-0.2, -0.15) is 0 Å². The molecule has 132 valence electrons. The predicted molar refractivity (Wildman–Crippen MR) is 100 cm³/mol. The number of oxime groups is 1. The Balaban J connectivity index is 2.00. The fourth-order valence-electron chi connectivity index (χ4n) is 2.27. The molecule has 0 unspecified atom stereocenters. The SMILES string of the molecule is C/C(=N/OC(=O)c1ccc(OC(C)C)cc1)c1ccc(C(C)C)cc1. The second-order valence-corrected chi connectivity index (χ2v) is 6.52. The first-order valence-corrected chi connectivity index (χ1v) is 8.50. The van der Waals surface area contributed by atoms with E-state index in [-0.39, 0.29) is 6.10 Å². The minimum atomic E-state index is -0.491. The van der Waals surface area contributed by atoms with Crippen molar-refractivity contribution in [2.75, 3.05) is 0 Å². The molecule has 0 aliphatic heterocycles. The van der Waals surface area contributed by atoms with E-state index in [1.807, 2.05) is 32.9 Å². The van der Waals surface area contributed by atoms with E-state index < -0.39 is 5.97 Å². The predicted octanol–water partition coefficient (Wildman–Crippen LogP) is 5.18. The molecule has 0 radical (unpaired) electrons.